The van der Waals surface area contributed by atoms with Crippen LogP contribution >= 0.6 is 0 Å². The second kappa shape index (κ2) is 34.8. The number of hydrogen-bond acceptors (Lipinski definition) is 4. The summed E-state index contributed by atoms with van der Waals surface area (Å²) in [5.41, 5.74) is 3.58. The molecule has 0 atom stereocenters. The maximum atomic E-state index is 10.7. The quantitative estimate of drug-likeness (QED) is 0.0401. The van der Waals surface area contributed by atoms with Gasteiger partial charge in [0.1, 0.15) is 0 Å². The molecule has 3 rings (SSSR count). The summed E-state index contributed by atoms with van der Waals surface area (Å²) in [5.74, 6) is -0.812. The molecular formula is C48H72N2NiO2. The fourth-order valence-corrected chi connectivity index (χ4v) is 6.55. The zero-order chi connectivity index (χ0) is 37.2. The van der Waals surface area contributed by atoms with Crippen LogP contribution in [0.5, 0.6) is 11.5 Å². The molecule has 0 N–H and O–H groups in total. The van der Waals surface area contributed by atoms with Gasteiger partial charge in [-0.25, -0.2) is 0 Å². The molecule has 0 aliphatic carbocycles. The summed E-state index contributed by atoms with van der Waals surface area (Å²) in [6.45, 7) is 3.93. The predicted octanol–water partition coefficient (Wildman–Crippen LogP) is 14.5. The number of nitrogens with zero attached hydrogens (tertiary/aromatic N) is 2. The van der Waals surface area contributed by atoms with Crippen LogP contribution in [0.2, 0.25) is 0 Å². The summed E-state index contributed by atoms with van der Waals surface area (Å²) in [6, 6.07) is 24.9. The zero-order valence-corrected chi connectivity index (χ0v) is 34.5. The van der Waals surface area contributed by atoms with Gasteiger partial charge in [-0.2, -0.15) is 0 Å². The van der Waals surface area contributed by atoms with E-state index in [1.54, 1.807) is 19.1 Å². The number of rotatable bonds is 29. The van der Waals surface area contributed by atoms with Crippen molar-refractivity contribution in [3.8, 4) is 11.5 Å². The van der Waals surface area contributed by atoms with Gasteiger partial charge in [-0.05, 0) is 44.0 Å². The van der Waals surface area contributed by atoms with E-state index in [9.17, 15) is 10.2 Å². The van der Waals surface area contributed by atoms with Crippen molar-refractivity contribution in [3.63, 3.8) is 0 Å². The van der Waals surface area contributed by atoms with E-state index >= 15 is 0 Å². The molecule has 0 aromatic heterocycles. The first kappa shape index (κ1) is 48.1. The van der Waals surface area contributed by atoms with E-state index in [2.05, 4.69) is 24.0 Å². The third kappa shape index (κ3) is 27.4. The number of unbranched alkanes of at least 4 members (excludes halogenated alkanes) is 24. The first-order chi connectivity index (χ1) is 25.6. The molecule has 0 aliphatic heterocycles. The molecule has 0 bridgehead atoms. The Morgan fingerprint density at radius 1 is 0.472 bits per heavy atom. The molecule has 0 fully saturated rings. The summed E-state index contributed by atoms with van der Waals surface area (Å²) in [4.78, 5) is 9.53. The topological polar surface area (TPSA) is 70.8 Å². The van der Waals surface area contributed by atoms with Gasteiger partial charge in [0.2, 0.25) is 0 Å². The van der Waals surface area contributed by atoms with Crippen molar-refractivity contribution in [1.82, 2.24) is 0 Å². The number of benzene rings is 3. The molecule has 0 amide bonds. The van der Waals surface area contributed by atoms with Crippen molar-refractivity contribution in [1.29, 1.82) is 0 Å². The van der Waals surface area contributed by atoms with Crippen LogP contribution in [0.25, 0.3) is 0 Å². The second-order valence-corrected chi connectivity index (χ2v) is 14.7. The molecular weight excluding hydrogens is 695 g/mol. The van der Waals surface area contributed by atoms with Gasteiger partial charge in [0.05, 0.1) is 17.1 Å². The number of aryl methyl sites for hydroxylation is 1. The molecule has 3 aromatic carbocycles. The zero-order valence-electron chi connectivity index (χ0n) is 33.5. The third-order valence-electron chi connectivity index (χ3n) is 9.86. The van der Waals surface area contributed by atoms with Gasteiger partial charge in [0, 0.05) is 6.21 Å². The monoisotopic (exact) mass is 766 g/mol. The maximum absolute atomic E-state index is 10.7. The Kier molecular flexibility index (Phi) is 31.6. The third-order valence-corrected chi connectivity index (χ3v) is 9.86. The van der Waals surface area contributed by atoms with Crippen molar-refractivity contribution in [2.24, 2.45) is 9.98 Å². The molecule has 0 saturated heterocycles. The summed E-state index contributed by atoms with van der Waals surface area (Å²) in [5, 5.41) is 21.2. The minimum absolute atomic E-state index is 0. The number of hydrogen-bond donors (Lipinski definition) is 0. The van der Waals surface area contributed by atoms with Gasteiger partial charge in [-0.1, -0.05) is 221 Å². The van der Waals surface area contributed by atoms with Gasteiger partial charge in [0.15, 0.2) is 0 Å². The molecule has 0 radical (unpaired) electrons. The average Bonchev–Trinajstić information content (AvgIpc) is 3.17. The molecule has 0 saturated carbocycles. The van der Waals surface area contributed by atoms with Crippen LogP contribution in [0.3, 0.4) is 0 Å². The van der Waals surface area contributed by atoms with Crippen LogP contribution < -0.4 is 10.2 Å². The van der Waals surface area contributed by atoms with Gasteiger partial charge in [-0.3, -0.25) is 9.98 Å². The second-order valence-electron chi connectivity index (χ2n) is 14.7. The first-order valence-electron chi connectivity index (χ1n) is 21.3. The molecule has 3 aromatic rings. The fourth-order valence-electron chi connectivity index (χ4n) is 6.55. The molecule has 0 unspecified atom stereocenters. The van der Waals surface area contributed by atoms with Crippen molar-refractivity contribution in [2.45, 2.75) is 181 Å². The summed E-state index contributed by atoms with van der Waals surface area (Å²) in [7, 11) is 0. The summed E-state index contributed by atoms with van der Waals surface area (Å²) >= 11 is 0. The Hall–Kier alpha value is -2.91. The van der Waals surface area contributed by atoms with E-state index in [0.717, 1.165) is 23.5 Å². The summed E-state index contributed by atoms with van der Waals surface area (Å²) < 4.78 is 0. The van der Waals surface area contributed by atoms with E-state index in [4.69, 9.17) is 4.99 Å². The van der Waals surface area contributed by atoms with E-state index in [0.29, 0.717) is 5.56 Å². The Morgan fingerprint density at radius 3 is 1.23 bits per heavy atom. The SMILES string of the molecule is CCCCCCCCCCCCCCCCCCCCCCCCCCCC(C=Nc1ccccc1)=Nc1ccccc1.Cc1cccc([O-])c1[O-].[Ni+2]. The molecule has 4 nitrogen and oxygen atoms in total. The Morgan fingerprint density at radius 2 is 0.849 bits per heavy atom. The minimum Gasteiger partial charge on any atom is -0.873 e. The summed E-state index contributed by atoms with van der Waals surface area (Å²) in [6.07, 6.45) is 38.7. The Labute approximate surface area is 335 Å². The van der Waals surface area contributed by atoms with Crippen molar-refractivity contribution in [3.05, 3.63) is 84.4 Å². The van der Waals surface area contributed by atoms with Gasteiger partial charge >= 0.3 is 16.5 Å². The van der Waals surface area contributed by atoms with Crippen LogP contribution in [0.1, 0.15) is 179 Å². The van der Waals surface area contributed by atoms with Gasteiger partial charge < -0.3 is 10.2 Å². The van der Waals surface area contributed by atoms with Crippen molar-refractivity contribution in [2.75, 3.05) is 0 Å². The van der Waals surface area contributed by atoms with Crippen molar-refractivity contribution >= 4 is 23.3 Å². The van der Waals surface area contributed by atoms with Crippen LogP contribution in [0.4, 0.5) is 11.4 Å². The minimum atomic E-state index is -0.421. The smallest absolute Gasteiger partial charge is 0.873 e. The molecule has 5 heteroatoms. The average molecular weight is 768 g/mol. The van der Waals surface area contributed by atoms with Gasteiger partial charge in [0.25, 0.3) is 0 Å². The molecule has 296 valence electrons. The maximum Gasteiger partial charge on any atom is 2.00 e. The first-order valence-corrected chi connectivity index (χ1v) is 21.3. The van der Waals surface area contributed by atoms with Crippen LogP contribution in [-0.2, 0) is 16.5 Å². The Balaban J connectivity index is 0.00000122. The van der Waals surface area contributed by atoms with Crippen LogP contribution in [-0.4, -0.2) is 11.9 Å². The standard InChI is InChI=1S/C41H66N2.C7H8O2.Ni/c1-2-3-4-5-6-7-8-9-10-11-12-13-14-15-16-17-18-19-20-21-22-23-24-25-28-37-41(43-40-35-31-27-32-36-40)38-42-39-33-29-26-30-34-39;1-5-3-2-4-6(8)7(5)9;/h26-27,29-36,38H,2-25,28,37H2,1H3;2-4,8-9H,1H3;/q;;+2/p-2. The van der Waals surface area contributed by atoms with Crippen molar-refractivity contribution < 1.29 is 26.7 Å². The Bertz CT molecular complexity index is 1280. The van der Waals surface area contributed by atoms with Crippen LogP contribution in [0.15, 0.2) is 88.8 Å². The van der Waals surface area contributed by atoms with E-state index in [1.807, 2.05) is 54.7 Å². The molecule has 0 spiro atoms. The van der Waals surface area contributed by atoms with E-state index in [1.165, 1.54) is 167 Å². The number of aliphatic imine (C=N–C) groups is 2. The molecule has 0 aliphatic rings. The van der Waals surface area contributed by atoms with E-state index in [-0.39, 0.29) is 16.5 Å². The predicted molar refractivity (Wildman–Crippen MR) is 224 cm³/mol. The van der Waals surface area contributed by atoms with Crippen LogP contribution in [0, 0.1) is 6.92 Å². The molecule has 53 heavy (non-hydrogen) atoms. The molecule has 0 heterocycles. The number of para-hydroxylation sites is 3. The van der Waals surface area contributed by atoms with Gasteiger partial charge in [-0.15, -0.1) is 11.5 Å². The normalized spacial score (nSPS) is 11.3. The fraction of sp³-hybridized carbons (Fsp3) is 0.583. The van der Waals surface area contributed by atoms with E-state index < -0.39 is 11.5 Å². The largest absolute Gasteiger partial charge is 2.00 e.